The van der Waals surface area contributed by atoms with Crippen molar-refractivity contribution < 1.29 is 9.09 Å². The minimum absolute atomic E-state index is 0.350. The highest BCUT2D eigenvalue weighted by atomic mass is 31.1. The Morgan fingerprint density at radius 2 is 2.11 bits per heavy atom. The Morgan fingerprint density at radius 3 is 2.56 bits per heavy atom. The number of hydrogen-bond donors (Lipinski definition) is 0. The van der Waals surface area contributed by atoms with Crippen molar-refractivity contribution in [2.24, 2.45) is 0 Å². The maximum atomic E-state index is 10.6. The summed E-state index contributed by atoms with van der Waals surface area (Å²) in [6.45, 7) is 7.18. The second-order valence-corrected chi connectivity index (χ2v) is 2.68. The largest absolute Gasteiger partial charge is 0.512 e. The fraction of sp³-hybridized carbons (Fsp3) is 0.333. The lowest BCUT2D eigenvalue weighted by Crippen LogP contribution is -1.80. The van der Waals surface area contributed by atoms with Gasteiger partial charge in [0.15, 0.2) is 6.16 Å². The van der Waals surface area contributed by atoms with Gasteiger partial charge >= 0.3 is 8.03 Å². The maximum absolute atomic E-state index is 10.6. The molecule has 0 amide bonds. The van der Waals surface area contributed by atoms with E-state index in [1.807, 2.05) is 0 Å². The molecule has 0 aromatic heterocycles. The molecule has 0 aliphatic rings. The fourth-order valence-corrected chi connectivity index (χ4v) is 0.882. The zero-order chi connectivity index (χ0) is 7.11. The molecule has 0 fully saturated rings. The van der Waals surface area contributed by atoms with Crippen LogP contribution in [0.1, 0.15) is 0 Å². The first-order chi connectivity index (χ1) is 4.31. The van der Waals surface area contributed by atoms with Gasteiger partial charge in [-0.15, -0.1) is 11.1 Å². The SMILES string of the molecule is C=CCO[P+](=O)CC=C. The van der Waals surface area contributed by atoms with E-state index in [0.29, 0.717) is 12.8 Å². The number of allylic oxidation sites excluding steroid dienone is 1. The fourth-order valence-electron chi connectivity index (χ4n) is 0.294. The summed E-state index contributed by atoms with van der Waals surface area (Å²) in [5, 5.41) is 0. The Morgan fingerprint density at radius 1 is 1.44 bits per heavy atom. The summed E-state index contributed by atoms with van der Waals surface area (Å²) >= 11 is 0. The van der Waals surface area contributed by atoms with Crippen molar-refractivity contribution in [3.63, 3.8) is 0 Å². The van der Waals surface area contributed by atoms with E-state index in [1.54, 1.807) is 12.2 Å². The molecule has 3 heteroatoms. The van der Waals surface area contributed by atoms with E-state index in [9.17, 15) is 4.57 Å². The molecule has 50 valence electrons. The zero-order valence-electron chi connectivity index (χ0n) is 5.25. The third-order valence-electron chi connectivity index (χ3n) is 0.615. The van der Waals surface area contributed by atoms with Crippen molar-refractivity contribution in [2.75, 3.05) is 12.8 Å². The van der Waals surface area contributed by atoms with Crippen LogP contribution >= 0.6 is 8.03 Å². The minimum atomic E-state index is -1.53. The molecule has 0 saturated heterocycles. The molecule has 0 N–H and O–H groups in total. The molecule has 2 nitrogen and oxygen atoms in total. The van der Waals surface area contributed by atoms with Crippen LogP contribution in [-0.4, -0.2) is 12.8 Å². The van der Waals surface area contributed by atoms with Gasteiger partial charge in [0.25, 0.3) is 0 Å². The zero-order valence-corrected chi connectivity index (χ0v) is 6.14. The predicted octanol–water partition coefficient (Wildman–Crippen LogP) is 2.12. The third kappa shape index (κ3) is 5.41. The third-order valence-corrected chi connectivity index (χ3v) is 1.61. The Bertz CT molecular complexity index is 120. The smallest absolute Gasteiger partial charge is 0.142 e. The Kier molecular flexibility index (Phi) is 5.38. The van der Waals surface area contributed by atoms with E-state index in [-0.39, 0.29) is 0 Å². The van der Waals surface area contributed by atoms with Crippen molar-refractivity contribution in [3.05, 3.63) is 25.3 Å². The highest BCUT2D eigenvalue weighted by Crippen LogP contribution is 2.20. The summed E-state index contributed by atoms with van der Waals surface area (Å²) < 4.78 is 15.4. The van der Waals surface area contributed by atoms with Gasteiger partial charge in [-0.3, -0.25) is 0 Å². The van der Waals surface area contributed by atoms with Crippen LogP contribution in [0.25, 0.3) is 0 Å². The van der Waals surface area contributed by atoms with E-state index in [0.717, 1.165) is 0 Å². The van der Waals surface area contributed by atoms with Gasteiger partial charge in [-0.25, -0.2) is 0 Å². The van der Waals surface area contributed by atoms with Gasteiger partial charge in [0.1, 0.15) is 6.61 Å². The molecule has 0 aromatic rings. The number of hydrogen-bond acceptors (Lipinski definition) is 2. The standard InChI is InChI=1S/C6H10O2P/c1-3-5-8-9(7)6-4-2/h3-4H,1-2,5-6H2/q+1. The molecule has 0 saturated carbocycles. The molecule has 1 atom stereocenters. The van der Waals surface area contributed by atoms with E-state index in [2.05, 4.69) is 13.2 Å². The second kappa shape index (κ2) is 5.67. The van der Waals surface area contributed by atoms with Crippen molar-refractivity contribution in [2.45, 2.75) is 0 Å². The summed E-state index contributed by atoms with van der Waals surface area (Å²) in [6, 6.07) is 0. The van der Waals surface area contributed by atoms with Gasteiger partial charge in [-0.1, -0.05) is 12.7 Å². The molecule has 0 rings (SSSR count). The van der Waals surface area contributed by atoms with Crippen LogP contribution in [0.15, 0.2) is 25.3 Å². The van der Waals surface area contributed by atoms with Crippen LogP contribution in [0.3, 0.4) is 0 Å². The Labute approximate surface area is 56.1 Å². The molecule has 0 aliphatic heterocycles. The van der Waals surface area contributed by atoms with Crippen LogP contribution < -0.4 is 0 Å². The van der Waals surface area contributed by atoms with Gasteiger partial charge in [-0.2, -0.15) is 0 Å². The summed E-state index contributed by atoms with van der Waals surface area (Å²) in [6.07, 6.45) is 3.56. The maximum Gasteiger partial charge on any atom is 0.512 e. The van der Waals surface area contributed by atoms with Gasteiger partial charge in [-0.05, 0) is 10.6 Å². The lowest BCUT2D eigenvalue weighted by atomic mass is 10.7. The molecule has 0 aliphatic carbocycles. The predicted molar refractivity (Wildman–Crippen MR) is 38.8 cm³/mol. The molecule has 1 unspecified atom stereocenters. The summed E-state index contributed by atoms with van der Waals surface area (Å²) in [4.78, 5) is 0. The van der Waals surface area contributed by atoms with Crippen molar-refractivity contribution in [1.29, 1.82) is 0 Å². The van der Waals surface area contributed by atoms with Gasteiger partial charge < -0.3 is 0 Å². The van der Waals surface area contributed by atoms with Crippen LogP contribution in [0, 0.1) is 0 Å². The molecular weight excluding hydrogens is 135 g/mol. The van der Waals surface area contributed by atoms with Crippen LogP contribution in [0.2, 0.25) is 0 Å². The lowest BCUT2D eigenvalue weighted by Gasteiger charge is -1.78. The van der Waals surface area contributed by atoms with Gasteiger partial charge in [0, 0.05) is 0 Å². The topological polar surface area (TPSA) is 26.3 Å². The van der Waals surface area contributed by atoms with Gasteiger partial charge in [0.2, 0.25) is 0 Å². The highest BCUT2D eigenvalue weighted by molar-refractivity contribution is 7.39. The molecular formula is C6H10O2P+. The van der Waals surface area contributed by atoms with Crippen LogP contribution in [-0.2, 0) is 9.09 Å². The molecule has 0 spiro atoms. The molecule has 9 heavy (non-hydrogen) atoms. The van der Waals surface area contributed by atoms with Crippen LogP contribution in [0.4, 0.5) is 0 Å². The van der Waals surface area contributed by atoms with Gasteiger partial charge in [0.05, 0.1) is 0 Å². The Hall–Kier alpha value is -0.460. The van der Waals surface area contributed by atoms with Crippen LogP contribution in [0.5, 0.6) is 0 Å². The normalized spacial score (nSPS) is 10.4. The first kappa shape index (κ1) is 8.54. The first-order valence-corrected chi connectivity index (χ1v) is 3.97. The monoisotopic (exact) mass is 145 g/mol. The Balaban J connectivity index is 3.26. The van der Waals surface area contributed by atoms with E-state index in [4.69, 9.17) is 4.52 Å². The highest BCUT2D eigenvalue weighted by Gasteiger charge is 2.11. The van der Waals surface area contributed by atoms with Crippen molar-refractivity contribution in [1.82, 2.24) is 0 Å². The van der Waals surface area contributed by atoms with E-state index >= 15 is 0 Å². The molecule has 0 heterocycles. The summed E-state index contributed by atoms with van der Waals surface area (Å²) in [7, 11) is -1.53. The molecule has 0 radical (unpaired) electrons. The van der Waals surface area contributed by atoms with Crippen molar-refractivity contribution in [3.8, 4) is 0 Å². The van der Waals surface area contributed by atoms with Crippen molar-refractivity contribution >= 4 is 8.03 Å². The average Bonchev–Trinajstić information content (AvgIpc) is 1.85. The second-order valence-electron chi connectivity index (χ2n) is 1.39. The molecule has 0 aromatic carbocycles. The molecule has 0 bridgehead atoms. The van der Waals surface area contributed by atoms with E-state index in [1.165, 1.54) is 0 Å². The lowest BCUT2D eigenvalue weighted by molar-refractivity contribution is 0.373. The average molecular weight is 145 g/mol. The first-order valence-electron chi connectivity index (χ1n) is 2.60. The minimum Gasteiger partial charge on any atom is -0.142 e. The quantitative estimate of drug-likeness (QED) is 0.437. The van der Waals surface area contributed by atoms with E-state index < -0.39 is 8.03 Å². The number of rotatable bonds is 5. The summed E-state index contributed by atoms with van der Waals surface area (Å²) in [5.74, 6) is 0. The summed E-state index contributed by atoms with van der Waals surface area (Å²) in [5.41, 5.74) is 0.